The number of esters is 1. The monoisotopic (exact) mass is 382 g/mol. The summed E-state index contributed by atoms with van der Waals surface area (Å²) in [7, 11) is 1.38. The number of ketones is 1. The van der Waals surface area contributed by atoms with Crippen LogP contribution in [0.1, 0.15) is 36.2 Å². The Morgan fingerprint density at radius 2 is 1.87 bits per heavy atom. The molecule has 0 aromatic carbocycles. The number of aromatic nitrogens is 1. The number of hydrogen-bond donors (Lipinski definition) is 1. The highest BCUT2D eigenvalue weighted by Crippen LogP contribution is 2.29. The van der Waals surface area contributed by atoms with Gasteiger partial charge in [0.2, 0.25) is 5.91 Å². The Morgan fingerprint density at radius 1 is 1.22 bits per heavy atom. The third-order valence-corrected chi connectivity index (χ3v) is 4.50. The molecule has 1 fully saturated rings. The minimum absolute atomic E-state index is 0.0702. The molecule has 7 heteroatoms. The second kappa shape index (κ2) is 8.19. The zero-order valence-electron chi connectivity index (χ0n) is 12.9. The quantitative estimate of drug-likeness (QED) is 0.478. The van der Waals surface area contributed by atoms with Gasteiger partial charge in [0.05, 0.1) is 19.6 Å². The summed E-state index contributed by atoms with van der Waals surface area (Å²) < 4.78 is 5.31. The van der Waals surface area contributed by atoms with Crippen molar-refractivity contribution in [2.24, 2.45) is 11.8 Å². The van der Waals surface area contributed by atoms with Crippen molar-refractivity contribution in [1.82, 2.24) is 10.3 Å². The first kappa shape index (κ1) is 17.6. The van der Waals surface area contributed by atoms with Gasteiger partial charge in [0, 0.05) is 5.92 Å². The normalized spacial score (nSPS) is 20.6. The van der Waals surface area contributed by atoms with E-state index in [0.29, 0.717) is 36.0 Å². The number of halogens is 1. The Morgan fingerprint density at radius 3 is 2.48 bits per heavy atom. The Labute approximate surface area is 143 Å². The molecule has 0 bridgehead atoms. The Hall–Kier alpha value is -1.76. The predicted molar refractivity (Wildman–Crippen MR) is 86.7 cm³/mol. The molecular weight excluding hydrogens is 364 g/mol. The number of ether oxygens (including phenoxy) is 1. The lowest BCUT2D eigenvalue weighted by molar-refractivity contribution is -0.147. The van der Waals surface area contributed by atoms with E-state index in [9.17, 15) is 14.4 Å². The van der Waals surface area contributed by atoms with Crippen molar-refractivity contribution in [2.45, 2.75) is 25.7 Å². The van der Waals surface area contributed by atoms with Gasteiger partial charge in [-0.25, -0.2) is 4.98 Å². The number of amides is 1. The van der Waals surface area contributed by atoms with Crippen LogP contribution >= 0.6 is 15.9 Å². The fourth-order valence-corrected chi connectivity index (χ4v) is 3.07. The molecule has 0 saturated heterocycles. The van der Waals surface area contributed by atoms with Gasteiger partial charge in [-0.1, -0.05) is 6.07 Å². The Bertz CT molecular complexity index is 597. The van der Waals surface area contributed by atoms with Gasteiger partial charge in [0.15, 0.2) is 5.78 Å². The van der Waals surface area contributed by atoms with Crippen LogP contribution in [-0.4, -0.2) is 36.3 Å². The van der Waals surface area contributed by atoms with Crippen LogP contribution in [-0.2, 0) is 14.3 Å². The molecule has 2 rings (SSSR count). The maximum Gasteiger partial charge on any atom is 0.308 e. The molecule has 1 heterocycles. The summed E-state index contributed by atoms with van der Waals surface area (Å²) in [6.45, 7) is -0.0702. The highest BCUT2D eigenvalue weighted by molar-refractivity contribution is 9.10. The van der Waals surface area contributed by atoms with Crippen LogP contribution in [0.4, 0.5) is 0 Å². The molecule has 1 amide bonds. The second-order valence-corrected chi connectivity index (χ2v) is 6.37. The van der Waals surface area contributed by atoms with Crippen LogP contribution < -0.4 is 5.32 Å². The van der Waals surface area contributed by atoms with Crippen molar-refractivity contribution < 1.29 is 19.1 Å². The molecule has 0 aliphatic heterocycles. The summed E-state index contributed by atoms with van der Waals surface area (Å²) in [5.74, 6) is -0.852. The van der Waals surface area contributed by atoms with Crippen molar-refractivity contribution in [3.05, 3.63) is 28.5 Å². The molecule has 0 atom stereocenters. The zero-order chi connectivity index (χ0) is 16.8. The molecule has 1 aromatic heterocycles. The van der Waals surface area contributed by atoms with Gasteiger partial charge < -0.3 is 10.1 Å². The molecule has 1 saturated carbocycles. The summed E-state index contributed by atoms with van der Waals surface area (Å²) >= 11 is 3.21. The first-order chi connectivity index (χ1) is 11.0. The molecule has 0 unspecified atom stereocenters. The zero-order valence-corrected chi connectivity index (χ0v) is 14.5. The average Bonchev–Trinajstić information content (AvgIpc) is 2.58. The number of nitrogens with one attached hydrogen (secondary N) is 1. The summed E-state index contributed by atoms with van der Waals surface area (Å²) in [4.78, 5) is 39.7. The number of rotatable bonds is 5. The van der Waals surface area contributed by atoms with Crippen molar-refractivity contribution in [2.75, 3.05) is 13.7 Å². The van der Waals surface area contributed by atoms with Gasteiger partial charge in [0.25, 0.3) is 0 Å². The molecule has 1 aromatic rings. The Kier molecular flexibility index (Phi) is 6.27. The standard InChI is InChI=1S/C16H19BrN2O4/c1-23-16(22)11-7-5-10(6-8-11)15(21)18-9-13(20)12-3-2-4-14(17)19-12/h2-4,10-11H,5-9H2,1H3,(H,18,21). The molecule has 0 radical (unpaired) electrons. The molecule has 124 valence electrons. The van der Waals surface area contributed by atoms with E-state index in [4.69, 9.17) is 4.74 Å². The lowest BCUT2D eigenvalue weighted by Crippen LogP contribution is -2.37. The number of carbonyl (C=O) groups is 3. The number of pyridine rings is 1. The fourth-order valence-electron chi connectivity index (χ4n) is 2.72. The summed E-state index contributed by atoms with van der Waals surface area (Å²) in [6.07, 6.45) is 2.56. The first-order valence-electron chi connectivity index (χ1n) is 7.52. The molecule has 1 N–H and O–H groups in total. The van der Waals surface area contributed by atoms with Crippen LogP contribution in [0.5, 0.6) is 0 Å². The summed E-state index contributed by atoms with van der Waals surface area (Å²) in [5, 5.41) is 2.67. The third-order valence-electron chi connectivity index (χ3n) is 4.06. The van der Waals surface area contributed by atoms with Crippen molar-refractivity contribution >= 4 is 33.6 Å². The number of nitrogens with zero attached hydrogens (tertiary/aromatic N) is 1. The minimum atomic E-state index is -0.233. The lowest BCUT2D eigenvalue weighted by Gasteiger charge is -2.25. The molecule has 1 aliphatic carbocycles. The molecule has 23 heavy (non-hydrogen) atoms. The van der Waals surface area contributed by atoms with Gasteiger partial charge in [-0.3, -0.25) is 14.4 Å². The topological polar surface area (TPSA) is 85.4 Å². The van der Waals surface area contributed by atoms with E-state index in [2.05, 4.69) is 26.2 Å². The van der Waals surface area contributed by atoms with Crippen LogP contribution in [0.25, 0.3) is 0 Å². The van der Waals surface area contributed by atoms with Crippen molar-refractivity contribution in [3.63, 3.8) is 0 Å². The van der Waals surface area contributed by atoms with Crippen LogP contribution in [0.15, 0.2) is 22.8 Å². The van der Waals surface area contributed by atoms with E-state index in [1.807, 2.05) is 0 Å². The first-order valence-corrected chi connectivity index (χ1v) is 8.32. The second-order valence-electron chi connectivity index (χ2n) is 5.56. The highest BCUT2D eigenvalue weighted by atomic mass is 79.9. The van der Waals surface area contributed by atoms with Crippen LogP contribution in [0, 0.1) is 11.8 Å². The van der Waals surface area contributed by atoms with Gasteiger partial charge in [-0.05, 0) is 53.7 Å². The fraction of sp³-hybridized carbons (Fsp3) is 0.500. The molecule has 1 aliphatic rings. The SMILES string of the molecule is COC(=O)C1CCC(C(=O)NCC(=O)c2cccc(Br)n2)CC1. The van der Waals surface area contributed by atoms with E-state index in [0.717, 1.165) is 0 Å². The third kappa shape index (κ3) is 4.86. The highest BCUT2D eigenvalue weighted by Gasteiger charge is 2.30. The average molecular weight is 383 g/mol. The Balaban J connectivity index is 1.79. The number of carbonyl (C=O) groups excluding carboxylic acids is 3. The smallest absolute Gasteiger partial charge is 0.308 e. The van der Waals surface area contributed by atoms with Crippen molar-refractivity contribution in [1.29, 1.82) is 0 Å². The van der Waals surface area contributed by atoms with E-state index in [-0.39, 0.29) is 36.0 Å². The lowest BCUT2D eigenvalue weighted by atomic mass is 9.81. The van der Waals surface area contributed by atoms with E-state index in [1.165, 1.54) is 7.11 Å². The summed E-state index contributed by atoms with van der Waals surface area (Å²) in [5.41, 5.74) is 0.314. The van der Waals surface area contributed by atoms with Crippen molar-refractivity contribution in [3.8, 4) is 0 Å². The maximum absolute atomic E-state index is 12.1. The number of Topliss-reactive ketones (excluding diaryl/α,β-unsaturated/α-hetero) is 1. The van der Waals surface area contributed by atoms with E-state index >= 15 is 0 Å². The van der Waals surface area contributed by atoms with Gasteiger partial charge in [0.1, 0.15) is 10.3 Å². The number of methoxy groups -OCH3 is 1. The molecule has 0 spiro atoms. The van der Waals surface area contributed by atoms with Gasteiger partial charge in [-0.2, -0.15) is 0 Å². The molecular formula is C16H19BrN2O4. The summed E-state index contributed by atoms with van der Waals surface area (Å²) in [6, 6.07) is 5.07. The van der Waals surface area contributed by atoms with Gasteiger partial charge >= 0.3 is 5.97 Å². The maximum atomic E-state index is 12.1. The van der Waals surface area contributed by atoms with Crippen LogP contribution in [0.2, 0.25) is 0 Å². The largest absolute Gasteiger partial charge is 0.469 e. The minimum Gasteiger partial charge on any atom is -0.469 e. The van der Waals surface area contributed by atoms with Gasteiger partial charge in [-0.15, -0.1) is 0 Å². The number of hydrogen-bond acceptors (Lipinski definition) is 5. The van der Waals surface area contributed by atoms with E-state index < -0.39 is 0 Å². The van der Waals surface area contributed by atoms with E-state index in [1.54, 1.807) is 18.2 Å². The predicted octanol–water partition coefficient (Wildman–Crippen LogP) is 2.12. The van der Waals surface area contributed by atoms with Crippen LogP contribution in [0.3, 0.4) is 0 Å². The molecule has 6 nitrogen and oxygen atoms in total.